The normalized spacial score (nSPS) is 12.7. The molecule has 268 valence electrons. The predicted molar refractivity (Wildman–Crippen MR) is 217 cm³/mol. The molecule has 0 spiro atoms. The Labute approximate surface area is 304 Å². The molecule has 5 rings (SSSR count). The number of para-hydroxylation sites is 2. The average molecular weight is 713 g/mol. The number of rotatable bonds is 14. The molecule has 0 aromatic heterocycles. The Hall–Kier alpha value is -3.06. The number of benzene rings is 4. The van der Waals surface area contributed by atoms with E-state index in [2.05, 4.69) is 115 Å². The van der Waals surface area contributed by atoms with Crippen molar-refractivity contribution in [1.29, 1.82) is 0 Å². The minimum absolute atomic E-state index is 0.332. The fraction of sp³-hybridized carbons (Fsp3) is 0.455. The lowest BCUT2D eigenvalue weighted by Crippen LogP contribution is -2.14. The zero-order valence-electron chi connectivity index (χ0n) is 31.8. The average Bonchev–Trinajstić information content (AvgIpc) is 3.09. The molecule has 8 bridgehead atoms. The van der Waals surface area contributed by atoms with Gasteiger partial charge in [0, 0.05) is 25.7 Å². The van der Waals surface area contributed by atoms with Crippen LogP contribution in [0.25, 0.3) is 0 Å². The first-order valence-electron chi connectivity index (χ1n) is 18.7. The molecule has 1 aliphatic carbocycles. The predicted octanol–water partition coefficient (Wildman–Crippen LogP) is 10.3. The highest BCUT2D eigenvalue weighted by Gasteiger charge is 2.24. The van der Waals surface area contributed by atoms with Crippen LogP contribution in [0, 0.1) is 0 Å². The van der Waals surface area contributed by atoms with Gasteiger partial charge in [-0.1, -0.05) is 79.9 Å². The van der Waals surface area contributed by atoms with Crippen molar-refractivity contribution in [2.45, 2.75) is 79.1 Å². The summed E-state index contributed by atoms with van der Waals surface area (Å²) in [6.45, 7) is 20.9. The summed E-state index contributed by atoms with van der Waals surface area (Å²) in [7, 11) is -0.664. The van der Waals surface area contributed by atoms with E-state index < -0.39 is 0 Å². The Balaban J connectivity index is 1.85. The van der Waals surface area contributed by atoms with Gasteiger partial charge in [0.2, 0.25) is 0 Å². The van der Waals surface area contributed by atoms with Crippen molar-refractivity contribution in [1.82, 2.24) is 0 Å². The van der Waals surface area contributed by atoms with Crippen LogP contribution in [-0.4, -0.2) is 53.1 Å². The third kappa shape index (κ3) is 9.23. The molecule has 50 heavy (non-hydrogen) atoms. The van der Waals surface area contributed by atoms with Gasteiger partial charge in [-0.15, -0.1) is 0 Å². The molecule has 6 heteroatoms. The Morgan fingerprint density at radius 3 is 0.900 bits per heavy atom. The molecule has 4 aromatic carbocycles. The van der Waals surface area contributed by atoms with Crippen molar-refractivity contribution < 1.29 is 18.9 Å². The van der Waals surface area contributed by atoms with Crippen molar-refractivity contribution in [2.24, 2.45) is 0 Å². The number of ether oxygens (including phenoxy) is 4. The summed E-state index contributed by atoms with van der Waals surface area (Å²) in [4.78, 5) is 0. The molecule has 0 heterocycles. The second-order valence-corrected chi connectivity index (χ2v) is 18.5. The quantitative estimate of drug-likeness (QED) is 0.107. The van der Waals surface area contributed by atoms with Crippen LogP contribution >= 0.6 is 15.8 Å². The van der Waals surface area contributed by atoms with Gasteiger partial charge in [-0.3, -0.25) is 0 Å². The van der Waals surface area contributed by atoms with E-state index in [1.807, 2.05) is 0 Å². The zero-order chi connectivity index (χ0) is 35.6. The molecule has 0 unspecified atom stereocenters. The van der Waals surface area contributed by atoms with E-state index in [9.17, 15) is 0 Å². The molecular weight excluding hydrogens is 654 g/mol. The number of hydrogen-bond acceptors (Lipinski definition) is 4. The highest BCUT2D eigenvalue weighted by Crippen LogP contribution is 2.41. The van der Waals surface area contributed by atoms with Gasteiger partial charge in [-0.05, 0) is 132 Å². The first kappa shape index (κ1) is 38.2. The molecule has 4 nitrogen and oxygen atoms in total. The van der Waals surface area contributed by atoms with Gasteiger partial charge in [0.15, 0.2) is 0 Å². The maximum Gasteiger partial charge on any atom is 0.126 e. The fourth-order valence-electron chi connectivity index (χ4n) is 6.73. The molecule has 1 aliphatic rings. The number of fused-ring (bicyclic) bond motifs is 8. The van der Waals surface area contributed by atoms with Crippen LogP contribution in [0.1, 0.15) is 97.9 Å². The van der Waals surface area contributed by atoms with E-state index in [-0.39, 0.29) is 15.8 Å². The summed E-state index contributed by atoms with van der Waals surface area (Å²) >= 11 is 0. The first-order valence-corrected chi connectivity index (χ1v) is 23.1. The van der Waals surface area contributed by atoms with E-state index >= 15 is 0 Å². The van der Waals surface area contributed by atoms with Crippen molar-refractivity contribution >= 4 is 26.5 Å². The van der Waals surface area contributed by atoms with Crippen LogP contribution in [0.15, 0.2) is 60.7 Å². The smallest absolute Gasteiger partial charge is 0.126 e. The molecular formula is C44H58O4P2. The van der Waals surface area contributed by atoms with Gasteiger partial charge in [-0.25, -0.2) is 0 Å². The molecule has 0 saturated heterocycles. The Morgan fingerprint density at radius 1 is 0.400 bits per heavy atom. The van der Waals surface area contributed by atoms with Crippen LogP contribution in [0.5, 0.6) is 23.0 Å². The summed E-state index contributed by atoms with van der Waals surface area (Å²) in [5.74, 6) is 4.05. The summed E-state index contributed by atoms with van der Waals surface area (Å²) in [6.07, 6.45) is 6.79. The van der Waals surface area contributed by atoms with Gasteiger partial charge in [0.1, 0.15) is 23.0 Å². The van der Waals surface area contributed by atoms with E-state index in [4.69, 9.17) is 18.9 Å². The van der Waals surface area contributed by atoms with Crippen LogP contribution in [-0.2, 0) is 25.7 Å². The third-order valence-corrected chi connectivity index (χ3v) is 11.8. The highest BCUT2D eigenvalue weighted by atomic mass is 31.1. The molecule has 0 fully saturated rings. The van der Waals surface area contributed by atoms with Crippen molar-refractivity contribution in [3.8, 4) is 23.0 Å². The maximum atomic E-state index is 6.76. The maximum absolute atomic E-state index is 6.76. The summed E-state index contributed by atoms with van der Waals surface area (Å²) in [5.41, 5.74) is 9.77. The van der Waals surface area contributed by atoms with E-state index in [0.717, 1.165) is 74.4 Å². The Kier molecular flexibility index (Phi) is 14.1. The minimum Gasteiger partial charge on any atom is -0.493 e. The van der Waals surface area contributed by atoms with Crippen molar-refractivity contribution in [2.75, 3.05) is 53.1 Å². The molecule has 4 aromatic rings. The van der Waals surface area contributed by atoms with Crippen molar-refractivity contribution in [3.63, 3.8) is 0 Å². The SMILES string of the molecule is CCCOc1c2cccc1Cc1cc(P(C)C)cc(c1OCCC)Cc1cc(P(C)C)cc(c1OCCC)Cc1cccc(c1OCCC)C2. The van der Waals surface area contributed by atoms with Crippen LogP contribution < -0.4 is 29.6 Å². The lowest BCUT2D eigenvalue weighted by atomic mass is 9.91. The molecule has 0 amide bonds. The van der Waals surface area contributed by atoms with E-state index in [1.165, 1.54) is 55.1 Å². The Morgan fingerprint density at radius 2 is 0.640 bits per heavy atom. The molecule has 0 radical (unpaired) electrons. The third-order valence-electron chi connectivity index (χ3n) is 9.17. The first-order chi connectivity index (χ1) is 24.3. The largest absolute Gasteiger partial charge is 0.493 e. The van der Waals surface area contributed by atoms with Crippen molar-refractivity contribution in [3.05, 3.63) is 105 Å². The van der Waals surface area contributed by atoms with Gasteiger partial charge >= 0.3 is 0 Å². The minimum atomic E-state index is -0.332. The molecule has 0 saturated carbocycles. The van der Waals surface area contributed by atoms with Gasteiger partial charge in [0.25, 0.3) is 0 Å². The fourth-order valence-corrected chi connectivity index (χ4v) is 8.38. The van der Waals surface area contributed by atoms with Crippen LogP contribution in [0.3, 0.4) is 0 Å². The van der Waals surface area contributed by atoms with Gasteiger partial charge < -0.3 is 18.9 Å². The van der Waals surface area contributed by atoms with Crippen LogP contribution in [0.2, 0.25) is 0 Å². The highest BCUT2D eigenvalue weighted by molar-refractivity contribution is 7.64. The molecule has 0 N–H and O–H groups in total. The second kappa shape index (κ2) is 18.4. The standard InChI is InChI=1S/C44H58O4P2/c1-9-19-45-41-31-15-13-17-33(41)24-35-27-39(49(5)6)29-37(43(35)47-21-11-3)26-38-30-40(50(7)8)28-36(44(38)48-22-12-4)25-34-18-14-16-32(23-31)42(34)46-20-10-2/h13-18,27-30H,9-12,19-26H2,1-8H3. The van der Waals surface area contributed by atoms with Gasteiger partial charge in [-0.2, -0.15) is 0 Å². The van der Waals surface area contributed by atoms with Crippen LogP contribution in [0.4, 0.5) is 0 Å². The van der Waals surface area contributed by atoms with Gasteiger partial charge in [0.05, 0.1) is 26.4 Å². The molecule has 0 aliphatic heterocycles. The summed E-state index contributed by atoms with van der Waals surface area (Å²) in [5, 5.41) is 2.80. The zero-order valence-corrected chi connectivity index (χ0v) is 33.6. The summed E-state index contributed by atoms with van der Waals surface area (Å²) < 4.78 is 26.8. The lowest BCUT2D eigenvalue weighted by Gasteiger charge is -2.24. The topological polar surface area (TPSA) is 36.9 Å². The Bertz CT molecular complexity index is 1600. The second-order valence-electron chi connectivity index (χ2n) is 13.9. The van der Waals surface area contributed by atoms with E-state index in [0.29, 0.717) is 26.4 Å². The molecule has 0 atom stereocenters. The summed E-state index contributed by atoms with van der Waals surface area (Å²) in [6, 6.07) is 23.0. The monoisotopic (exact) mass is 712 g/mol. The van der Waals surface area contributed by atoms with E-state index in [1.54, 1.807) is 0 Å². The lowest BCUT2D eigenvalue weighted by molar-refractivity contribution is 0.305. The number of hydrogen-bond donors (Lipinski definition) is 0.